The number of hydrogen-bond donors (Lipinski definition) is 0. The molecule has 1 atom stereocenters. The van der Waals surface area contributed by atoms with E-state index in [4.69, 9.17) is 11.6 Å². The van der Waals surface area contributed by atoms with Crippen LogP contribution in [0.5, 0.6) is 0 Å². The Bertz CT molecular complexity index is 630. The minimum Gasteiger partial charge on any atom is -0.331 e. The Morgan fingerprint density at radius 1 is 1.14 bits per heavy atom. The maximum atomic E-state index is 12.8. The lowest BCUT2D eigenvalue weighted by molar-refractivity contribution is 0.0611. The molecule has 2 aromatic rings. The van der Waals surface area contributed by atoms with Gasteiger partial charge in [-0.05, 0) is 37.5 Å². The second kappa shape index (κ2) is 6.27. The lowest BCUT2D eigenvalue weighted by Crippen LogP contribution is -2.38. The molecule has 1 amide bonds. The van der Waals surface area contributed by atoms with Gasteiger partial charge in [0, 0.05) is 23.9 Å². The highest BCUT2D eigenvalue weighted by atomic mass is 35.5. The van der Waals surface area contributed by atoms with Crippen LogP contribution in [0.25, 0.3) is 0 Å². The number of likely N-dealkylation sites (tertiary alicyclic amines) is 1. The van der Waals surface area contributed by atoms with Crippen molar-refractivity contribution in [2.45, 2.75) is 25.3 Å². The highest BCUT2D eigenvalue weighted by molar-refractivity contribution is 6.30. The van der Waals surface area contributed by atoms with Crippen LogP contribution in [-0.2, 0) is 0 Å². The molecular formula is C17H17ClN2O. The van der Waals surface area contributed by atoms with Crippen molar-refractivity contribution in [3.63, 3.8) is 0 Å². The summed E-state index contributed by atoms with van der Waals surface area (Å²) >= 11 is 6.22. The minimum absolute atomic E-state index is 0.0210. The first-order valence-electron chi connectivity index (χ1n) is 7.24. The summed E-state index contributed by atoms with van der Waals surface area (Å²) in [5, 5.41) is 0.496. The smallest absolute Gasteiger partial charge is 0.254 e. The fourth-order valence-electron chi connectivity index (χ4n) is 2.89. The minimum atomic E-state index is 0.0210. The number of carbonyl (C=O) groups excluding carboxylic acids is 1. The zero-order valence-electron chi connectivity index (χ0n) is 11.7. The van der Waals surface area contributed by atoms with E-state index >= 15 is 0 Å². The highest BCUT2D eigenvalue weighted by Gasteiger charge is 2.30. The third-order valence-electron chi connectivity index (χ3n) is 3.93. The predicted molar refractivity (Wildman–Crippen MR) is 83.3 cm³/mol. The molecule has 2 heterocycles. The largest absolute Gasteiger partial charge is 0.331 e. The number of nitrogens with zero attached hydrogens (tertiary/aromatic N) is 2. The number of rotatable bonds is 2. The van der Waals surface area contributed by atoms with E-state index in [1.165, 1.54) is 0 Å². The highest BCUT2D eigenvalue weighted by Crippen LogP contribution is 2.34. The van der Waals surface area contributed by atoms with Crippen LogP contribution in [-0.4, -0.2) is 22.3 Å². The van der Waals surface area contributed by atoms with Crippen LogP contribution in [0, 0.1) is 0 Å². The Kier molecular flexibility index (Phi) is 4.20. The monoisotopic (exact) mass is 300 g/mol. The summed E-state index contributed by atoms with van der Waals surface area (Å²) in [4.78, 5) is 18.8. The van der Waals surface area contributed by atoms with E-state index in [2.05, 4.69) is 4.98 Å². The number of piperidine rings is 1. The Morgan fingerprint density at radius 3 is 2.71 bits per heavy atom. The number of benzene rings is 1. The lowest BCUT2D eigenvalue weighted by atomic mass is 9.95. The summed E-state index contributed by atoms with van der Waals surface area (Å²) in [5.74, 6) is 0.0696. The summed E-state index contributed by atoms with van der Waals surface area (Å²) in [6.07, 6.45) is 4.75. The lowest BCUT2D eigenvalue weighted by Gasteiger charge is -2.36. The van der Waals surface area contributed by atoms with Gasteiger partial charge in [0.25, 0.3) is 5.91 Å². The molecule has 1 aliphatic rings. The van der Waals surface area contributed by atoms with E-state index in [0.29, 0.717) is 5.15 Å². The first-order chi connectivity index (χ1) is 10.3. The van der Waals surface area contributed by atoms with Crippen LogP contribution in [0.3, 0.4) is 0 Å². The van der Waals surface area contributed by atoms with Gasteiger partial charge < -0.3 is 4.90 Å². The topological polar surface area (TPSA) is 33.2 Å². The first-order valence-corrected chi connectivity index (χ1v) is 7.61. The van der Waals surface area contributed by atoms with Crippen molar-refractivity contribution >= 4 is 17.5 Å². The van der Waals surface area contributed by atoms with Gasteiger partial charge in [0.2, 0.25) is 0 Å². The molecule has 1 aliphatic heterocycles. The maximum Gasteiger partial charge on any atom is 0.254 e. The van der Waals surface area contributed by atoms with Crippen molar-refractivity contribution in [2.24, 2.45) is 0 Å². The predicted octanol–water partition coefficient (Wildman–Crippen LogP) is 4.10. The molecule has 0 bridgehead atoms. The molecule has 1 aromatic carbocycles. The van der Waals surface area contributed by atoms with Gasteiger partial charge in [-0.1, -0.05) is 35.9 Å². The number of amides is 1. The van der Waals surface area contributed by atoms with E-state index in [1.54, 1.807) is 6.20 Å². The van der Waals surface area contributed by atoms with Crippen molar-refractivity contribution in [2.75, 3.05) is 6.54 Å². The molecule has 1 aromatic heterocycles. The molecule has 0 spiro atoms. The molecule has 0 radical (unpaired) electrons. The van der Waals surface area contributed by atoms with Crippen molar-refractivity contribution in [3.8, 4) is 0 Å². The van der Waals surface area contributed by atoms with E-state index in [-0.39, 0.29) is 11.9 Å². The van der Waals surface area contributed by atoms with Crippen molar-refractivity contribution < 1.29 is 4.79 Å². The zero-order chi connectivity index (χ0) is 14.7. The number of halogens is 1. The van der Waals surface area contributed by atoms with Gasteiger partial charge in [-0.25, -0.2) is 4.98 Å². The van der Waals surface area contributed by atoms with Crippen LogP contribution in [0.2, 0.25) is 5.15 Å². The summed E-state index contributed by atoms with van der Waals surface area (Å²) in [6.45, 7) is 0.767. The fourth-order valence-corrected chi connectivity index (χ4v) is 3.14. The van der Waals surface area contributed by atoms with Crippen LogP contribution in [0.15, 0.2) is 48.7 Å². The molecule has 3 nitrogen and oxygen atoms in total. The van der Waals surface area contributed by atoms with Gasteiger partial charge >= 0.3 is 0 Å². The molecule has 3 rings (SSSR count). The van der Waals surface area contributed by atoms with Crippen molar-refractivity contribution in [1.82, 2.24) is 9.88 Å². The normalized spacial score (nSPS) is 18.5. The molecular weight excluding hydrogens is 284 g/mol. The van der Waals surface area contributed by atoms with E-state index in [0.717, 1.165) is 36.9 Å². The number of carbonyl (C=O) groups is 1. The van der Waals surface area contributed by atoms with E-state index in [1.807, 2.05) is 47.4 Å². The standard InChI is InChI=1S/C17H17ClN2O/c18-16-14(9-6-11-19-16)15-10-4-5-12-20(15)17(21)13-7-2-1-3-8-13/h1-3,6-9,11,15H,4-5,10,12H2/t15-/m1/s1. The van der Waals surface area contributed by atoms with Crippen LogP contribution in [0.1, 0.15) is 41.2 Å². The van der Waals surface area contributed by atoms with E-state index < -0.39 is 0 Å². The second-order valence-electron chi connectivity index (χ2n) is 5.26. The summed E-state index contributed by atoms with van der Waals surface area (Å²) in [7, 11) is 0. The van der Waals surface area contributed by atoms with Gasteiger partial charge in [-0.3, -0.25) is 4.79 Å². The Morgan fingerprint density at radius 2 is 1.95 bits per heavy atom. The molecule has 0 aliphatic carbocycles. The van der Waals surface area contributed by atoms with E-state index in [9.17, 15) is 4.79 Å². The summed E-state index contributed by atoms with van der Waals surface area (Å²) in [5.41, 5.74) is 1.67. The first kappa shape index (κ1) is 14.1. The number of hydrogen-bond acceptors (Lipinski definition) is 2. The quantitative estimate of drug-likeness (QED) is 0.782. The fraction of sp³-hybridized carbons (Fsp3) is 0.294. The van der Waals surface area contributed by atoms with Crippen LogP contribution < -0.4 is 0 Å². The molecule has 21 heavy (non-hydrogen) atoms. The van der Waals surface area contributed by atoms with Gasteiger partial charge in [-0.2, -0.15) is 0 Å². The average Bonchev–Trinajstić information content (AvgIpc) is 2.55. The van der Waals surface area contributed by atoms with Gasteiger partial charge in [0.05, 0.1) is 6.04 Å². The molecule has 108 valence electrons. The summed E-state index contributed by atoms with van der Waals surface area (Å²) in [6, 6.07) is 13.3. The third kappa shape index (κ3) is 2.93. The third-order valence-corrected chi connectivity index (χ3v) is 4.25. The van der Waals surface area contributed by atoms with Gasteiger partial charge in [0.1, 0.15) is 5.15 Å². The van der Waals surface area contributed by atoms with Crippen molar-refractivity contribution in [1.29, 1.82) is 0 Å². The molecule has 0 N–H and O–H groups in total. The van der Waals surface area contributed by atoms with Crippen molar-refractivity contribution in [3.05, 3.63) is 64.9 Å². The van der Waals surface area contributed by atoms with Gasteiger partial charge in [-0.15, -0.1) is 0 Å². The second-order valence-corrected chi connectivity index (χ2v) is 5.62. The molecule has 0 unspecified atom stereocenters. The average molecular weight is 301 g/mol. The zero-order valence-corrected chi connectivity index (χ0v) is 12.5. The Labute approximate surface area is 129 Å². The molecule has 1 saturated heterocycles. The maximum absolute atomic E-state index is 12.8. The van der Waals surface area contributed by atoms with Crippen LogP contribution in [0.4, 0.5) is 0 Å². The Hall–Kier alpha value is -1.87. The number of aromatic nitrogens is 1. The van der Waals surface area contributed by atoms with Crippen LogP contribution >= 0.6 is 11.6 Å². The Balaban J connectivity index is 1.92. The molecule has 4 heteroatoms. The number of pyridine rings is 1. The van der Waals surface area contributed by atoms with Gasteiger partial charge in [0.15, 0.2) is 0 Å². The summed E-state index contributed by atoms with van der Waals surface area (Å²) < 4.78 is 0. The molecule has 0 saturated carbocycles. The molecule has 1 fully saturated rings. The SMILES string of the molecule is O=C(c1ccccc1)N1CCCC[C@@H]1c1cccnc1Cl.